The zero-order valence-corrected chi connectivity index (χ0v) is 15.5. The third kappa shape index (κ3) is 2.88. The molecule has 1 saturated carbocycles. The van der Waals surface area contributed by atoms with Gasteiger partial charge in [-0.1, -0.05) is 18.2 Å². The fraction of sp³-hybridized carbons (Fsp3) is 0.500. The number of benzene rings is 1. The molecule has 132 valence electrons. The Morgan fingerprint density at radius 3 is 2.48 bits per heavy atom. The Morgan fingerprint density at radius 1 is 1.24 bits per heavy atom. The summed E-state index contributed by atoms with van der Waals surface area (Å²) in [5.74, 6) is 0.310. The normalized spacial score (nSPS) is 19.9. The Bertz CT molecular complexity index is 784. The van der Waals surface area contributed by atoms with Crippen molar-refractivity contribution in [1.82, 2.24) is 9.88 Å². The van der Waals surface area contributed by atoms with Crippen LogP contribution in [0.15, 0.2) is 24.3 Å². The Morgan fingerprint density at radius 2 is 1.92 bits per heavy atom. The van der Waals surface area contributed by atoms with Crippen molar-refractivity contribution in [2.24, 2.45) is 0 Å². The minimum absolute atomic E-state index is 0.113. The number of rotatable bonds is 3. The number of piperidine rings is 1. The van der Waals surface area contributed by atoms with Crippen LogP contribution in [-0.4, -0.2) is 28.9 Å². The highest BCUT2D eigenvalue weighted by Gasteiger charge is 2.54. The second kappa shape index (κ2) is 6.20. The first kappa shape index (κ1) is 16.7. The summed E-state index contributed by atoms with van der Waals surface area (Å²) in [6, 6.07) is 6.74. The fourth-order valence-corrected chi connectivity index (χ4v) is 4.97. The molecule has 1 aromatic carbocycles. The van der Waals surface area contributed by atoms with Crippen molar-refractivity contribution in [1.29, 1.82) is 0 Å². The number of thiazole rings is 1. The zero-order chi connectivity index (χ0) is 17.6. The van der Waals surface area contributed by atoms with Crippen molar-refractivity contribution in [3.63, 3.8) is 0 Å². The van der Waals surface area contributed by atoms with E-state index in [1.807, 2.05) is 11.0 Å². The zero-order valence-electron chi connectivity index (χ0n) is 14.7. The highest BCUT2D eigenvalue weighted by molar-refractivity contribution is 7.11. The van der Waals surface area contributed by atoms with Gasteiger partial charge in [-0.2, -0.15) is 0 Å². The van der Waals surface area contributed by atoms with E-state index in [4.69, 9.17) is 0 Å². The van der Waals surface area contributed by atoms with Crippen LogP contribution in [0.2, 0.25) is 0 Å². The van der Waals surface area contributed by atoms with E-state index in [-0.39, 0.29) is 11.7 Å². The SMILES string of the molecule is Cc1nc(C2CCN(C(=O)C3(c4ccccc4F)CC3)CC2)sc1C. The molecule has 0 bridgehead atoms. The standard InChI is InChI=1S/C20H23FN2OS/c1-13-14(2)25-18(22-13)15-7-11-23(12-8-15)19(24)20(9-10-20)16-5-3-4-6-17(16)21/h3-6,15H,7-12H2,1-2H3. The summed E-state index contributed by atoms with van der Waals surface area (Å²) in [7, 11) is 0. The molecule has 0 radical (unpaired) electrons. The minimum atomic E-state index is -0.605. The third-order valence-electron chi connectivity index (χ3n) is 5.73. The molecular formula is C20H23FN2OS. The summed E-state index contributed by atoms with van der Waals surface area (Å²) in [6.07, 6.45) is 3.42. The van der Waals surface area contributed by atoms with Gasteiger partial charge in [0.2, 0.25) is 5.91 Å². The molecule has 2 heterocycles. The second-order valence-electron chi connectivity index (χ2n) is 7.32. The topological polar surface area (TPSA) is 33.2 Å². The first-order valence-electron chi connectivity index (χ1n) is 8.99. The van der Waals surface area contributed by atoms with Gasteiger partial charge in [-0.15, -0.1) is 11.3 Å². The van der Waals surface area contributed by atoms with E-state index in [1.54, 1.807) is 23.5 Å². The average Bonchev–Trinajstić information content (AvgIpc) is 3.36. The number of halogens is 1. The van der Waals surface area contributed by atoms with Crippen LogP contribution in [0.25, 0.3) is 0 Å². The predicted octanol–water partition coefficient (Wildman–Crippen LogP) is 4.34. The predicted molar refractivity (Wildman–Crippen MR) is 97.5 cm³/mol. The van der Waals surface area contributed by atoms with Crippen molar-refractivity contribution in [3.8, 4) is 0 Å². The van der Waals surface area contributed by atoms with E-state index in [2.05, 4.69) is 18.8 Å². The van der Waals surface area contributed by atoms with Crippen LogP contribution >= 0.6 is 11.3 Å². The van der Waals surface area contributed by atoms with Gasteiger partial charge in [0.15, 0.2) is 0 Å². The Kier molecular flexibility index (Phi) is 4.14. The van der Waals surface area contributed by atoms with Crippen LogP contribution < -0.4 is 0 Å². The number of nitrogens with zero attached hydrogens (tertiary/aromatic N) is 2. The summed E-state index contributed by atoms with van der Waals surface area (Å²) in [6.45, 7) is 5.66. The molecule has 25 heavy (non-hydrogen) atoms. The molecule has 4 rings (SSSR count). The van der Waals surface area contributed by atoms with Crippen LogP contribution in [0, 0.1) is 19.7 Å². The van der Waals surface area contributed by atoms with Crippen LogP contribution in [0.1, 0.15) is 52.7 Å². The second-order valence-corrected chi connectivity index (χ2v) is 8.56. The molecule has 0 spiro atoms. The molecule has 5 heteroatoms. The van der Waals surface area contributed by atoms with Gasteiger partial charge in [0, 0.05) is 29.4 Å². The van der Waals surface area contributed by atoms with Gasteiger partial charge in [-0.25, -0.2) is 9.37 Å². The monoisotopic (exact) mass is 358 g/mol. The Labute approximate surface area is 151 Å². The average molecular weight is 358 g/mol. The number of likely N-dealkylation sites (tertiary alicyclic amines) is 1. The third-order valence-corrected chi connectivity index (χ3v) is 6.96. The summed E-state index contributed by atoms with van der Waals surface area (Å²) in [4.78, 5) is 21.0. The lowest BCUT2D eigenvalue weighted by Gasteiger charge is -2.34. The maximum absolute atomic E-state index is 14.2. The van der Waals surface area contributed by atoms with Gasteiger partial charge >= 0.3 is 0 Å². The van der Waals surface area contributed by atoms with Crippen LogP contribution in [0.5, 0.6) is 0 Å². The molecule has 2 aromatic rings. The van der Waals surface area contributed by atoms with Crippen molar-refractivity contribution in [2.45, 2.75) is 50.9 Å². The molecule has 0 unspecified atom stereocenters. The maximum atomic E-state index is 14.2. The molecule has 1 aromatic heterocycles. The Hall–Kier alpha value is -1.75. The highest BCUT2D eigenvalue weighted by Crippen LogP contribution is 2.51. The summed E-state index contributed by atoms with van der Waals surface area (Å²) >= 11 is 1.78. The number of aryl methyl sites for hydroxylation is 2. The maximum Gasteiger partial charge on any atom is 0.233 e. The molecule has 1 aliphatic heterocycles. The molecule has 1 saturated heterocycles. The number of hydrogen-bond donors (Lipinski definition) is 0. The van der Waals surface area contributed by atoms with E-state index >= 15 is 0 Å². The highest BCUT2D eigenvalue weighted by atomic mass is 32.1. The van der Waals surface area contributed by atoms with Gasteiger partial charge in [0.05, 0.1) is 16.1 Å². The van der Waals surface area contributed by atoms with Gasteiger partial charge in [0.25, 0.3) is 0 Å². The summed E-state index contributed by atoms with van der Waals surface area (Å²) < 4.78 is 14.2. The molecule has 2 aliphatic rings. The van der Waals surface area contributed by atoms with Crippen molar-refractivity contribution in [2.75, 3.05) is 13.1 Å². The van der Waals surface area contributed by atoms with Crippen LogP contribution in [0.3, 0.4) is 0 Å². The quantitative estimate of drug-likeness (QED) is 0.818. The molecule has 2 fully saturated rings. The van der Waals surface area contributed by atoms with E-state index in [1.165, 1.54) is 16.0 Å². The lowest BCUT2D eigenvalue weighted by atomic mass is 9.91. The van der Waals surface area contributed by atoms with Gasteiger partial charge < -0.3 is 4.90 Å². The molecule has 1 amide bonds. The molecule has 0 N–H and O–H groups in total. The van der Waals surface area contributed by atoms with Crippen LogP contribution in [-0.2, 0) is 10.2 Å². The summed E-state index contributed by atoms with van der Waals surface area (Å²) in [5, 5.41) is 1.21. The van der Waals surface area contributed by atoms with Crippen molar-refractivity contribution in [3.05, 3.63) is 51.2 Å². The lowest BCUT2D eigenvalue weighted by Crippen LogP contribution is -2.43. The van der Waals surface area contributed by atoms with Gasteiger partial charge in [-0.05, 0) is 45.6 Å². The van der Waals surface area contributed by atoms with Crippen LogP contribution in [0.4, 0.5) is 4.39 Å². The number of hydrogen-bond acceptors (Lipinski definition) is 3. The minimum Gasteiger partial charge on any atom is -0.342 e. The molecule has 1 aliphatic carbocycles. The van der Waals surface area contributed by atoms with Gasteiger partial charge in [-0.3, -0.25) is 4.79 Å². The van der Waals surface area contributed by atoms with Gasteiger partial charge in [0.1, 0.15) is 5.82 Å². The van der Waals surface area contributed by atoms with E-state index in [9.17, 15) is 9.18 Å². The van der Waals surface area contributed by atoms with E-state index in [0.29, 0.717) is 11.5 Å². The number of amides is 1. The first-order chi connectivity index (χ1) is 12.0. The fourth-order valence-electron chi connectivity index (χ4n) is 3.88. The van der Waals surface area contributed by atoms with E-state index in [0.717, 1.165) is 44.5 Å². The van der Waals surface area contributed by atoms with Crippen molar-refractivity contribution >= 4 is 17.2 Å². The van der Waals surface area contributed by atoms with Crippen molar-refractivity contribution < 1.29 is 9.18 Å². The number of carbonyl (C=O) groups excluding carboxylic acids is 1. The Balaban J connectivity index is 1.46. The lowest BCUT2D eigenvalue weighted by molar-refractivity contribution is -0.135. The molecular weight excluding hydrogens is 335 g/mol. The first-order valence-corrected chi connectivity index (χ1v) is 9.81. The number of aromatic nitrogens is 1. The molecule has 0 atom stereocenters. The molecule has 3 nitrogen and oxygen atoms in total. The number of carbonyl (C=O) groups is 1. The van der Waals surface area contributed by atoms with E-state index < -0.39 is 5.41 Å². The summed E-state index contributed by atoms with van der Waals surface area (Å²) in [5.41, 5.74) is 1.09. The largest absolute Gasteiger partial charge is 0.342 e. The smallest absolute Gasteiger partial charge is 0.233 e.